The third-order valence-corrected chi connectivity index (χ3v) is 5.24. The molecule has 1 heterocycles. The van der Waals surface area contributed by atoms with E-state index < -0.39 is 5.25 Å². The number of amides is 1. The van der Waals surface area contributed by atoms with E-state index in [1.54, 1.807) is 62.6 Å². The first-order valence-electron chi connectivity index (χ1n) is 8.75. The predicted molar refractivity (Wildman–Crippen MR) is 113 cm³/mol. The van der Waals surface area contributed by atoms with E-state index in [-0.39, 0.29) is 11.5 Å². The van der Waals surface area contributed by atoms with Crippen LogP contribution in [0.2, 0.25) is 0 Å². The molecule has 0 unspecified atom stereocenters. The summed E-state index contributed by atoms with van der Waals surface area (Å²) in [5.41, 5.74) is 1.14. The van der Waals surface area contributed by atoms with Gasteiger partial charge in [-0.1, -0.05) is 30.0 Å². The zero-order valence-electron chi connectivity index (χ0n) is 15.7. The standard InChI is InChI=1S/C21H21N3O3S/c1-4-13-24-20(26)17-7-5-6-8-18(17)23-21(24)28-14(2)19(25)22-15-9-11-16(27-3)12-10-15/h4-12,14H,1,13H2,2-3H3,(H,22,25)/t14-/m0/s1. The van der Waals surface area contributed by atoms with Crippen molar-refractivity contribution in [3.8, 4) is 5.75 Å². The van der Waals surface area contributed by atoms with Gasteiger partial charge in [-0.3, -0.25) is 14.2 Å². The Morgan fingerprint density at radius 2 is 2.00 bits per heavy atom. The number of aromatic nitrogens is 2. The van der Waals surface area contributed by atoms with Crippen LogP contribution in [0.25, 0.3) is 10.9 Å². The average molecular weight is 395 g/mol. The van der Waals surface area contributed by atoms with Gasteiger partial charge in [-0.15, -0.1) is 6.58 Å². The third-order valence-electron chi connectivity index (χ3n) is 4.15. The molecule has 7 heteroatoms. The zero-order chi connectivity index (χ0) is 20.1. The van der Waals surface area contributed by atoms with Gasteiger partial charge in [-0.2, -0.15) is 0 Å². The fourth-order valence-electron chi connectivity index (χ4n) is 2.66. The lowest BCUT2D eigenvalue weighted by atomic mass is 10.2. The first-order valence-corrected chi connectivity index (χ1v) is 9.63. The van der Waals surface area contributed by atoms with Gasteiger partial charge >= 0.3 is 0 Å². The van der Waals surface area contributed by atoms with Crippen molar-refractivity contribution in [1.29, 1.82) is 0 Å². The lowest BCUT2D eigenvalue weighted by Crippen LogP contribution is -2.26. The molecule has 6 nitrogen and oxygen atoms in total. The molecule has 1 aromatic heterocycles. The molecule has 28 heavy (non-hydrogen) atoms. The molecular formula is C21H21N3O3S. The van der Waals surface area contributed by atoms with E-state index in [0.717, 1.165) is 0 Å². The lowest BCUT2D eigenvalue weighted by Gasteiger charge is -2.15. The number of hydrogen-bond acceptors (Lipinski definition) is 5. The van der Waals surface area contributed by atoms with Crippen molar-refractivity contribution in [3.63, 3.8) is 0 Å². The van der Waals surface area contributed by atoms with E-state index in [4.69, 9.17) is 4.74 Å². The number of carbonyl (C=O) groups excluding carboxylic acids is 1. The maximum atomic E-state index is 12.8. The van der Waals surface area contributed by atoms with Crippen molar-refractivity contribution in [2.45, 2.75) is 23.9 Å². The van der Waals surface area contributed by atoms with Crippen LogP contribution < -0.4 is 15.6 Å². The van der Waals surface area contributed by atoms with Gasteiger partial charge < -0.3 is 10.1 Å². The normalized spacial score (nSPS) is 11.8. The molecule has 1 atom stereocenters. The number of carbonyl (C=O) groups is 1. The summed E-state index contributed by atoms with van der Waals surface area (Å²) in [5, 5.41) is 3.45. The van der Waals surface area contributed by atoms with Crippen LogP contribution in [0.3, 0.4) is 0 Å². The molecule has 1 amide bonds. The van der Waals surface area contributed by atoms with E-state index in [9.17, 15) is 9.59 Å². The summed E-state index contributed by atoms with van der Waals surface area (Å²) in [7, 11) is 1.59. The van der Waals surface area contributed by atoms with E-state index >= 15 is 0 Å². The summed E-state index contributed by atoms with van der Waals surface area (Å²) in [5.74, 6) is 0.539. The van der Waals surface area contributed by atoms with Gasteiger partial charge in [-0.05, 0) is 43.3 Å². The molecule has 144 valence electrons. The summed E-state index contributed by atoms with van der Waals surface area (Å²) in [6.45, 7) is 5.82. The van der Waals surface area contributed by atoms with Crippen LogP contribution in [0, 0.1) is 0 Å². The van der Waals surface area contributed by atoms with Gasteiger partial charge in [0.25, 0.3) is 5.56 Å². The molecule has 3 aromatic rings. The van der Waals surface area contributed by atoms with Crippen LogP contribution in [0.4, 0.5) is 5.69 Å². The number of benzene rings is 2. The number of nitrogens with one attached hydrogen (secondary N) is 1. The lowest BCUT2D eigenvalue weighted by molar-refractivity contribution is -0.115. The quantitative estimate of drug-likeness (QED) is 0.375. The van der Waals surface area contributed by atoms with E-state index in [1.165, 1.54) is 16.3 Å². The van der Waals surface area contributed by atoms with Gasteiger partial charge in [0, 0.05) is 12.2 Å². The van der Waals surface area contributed by atoms with Gasteiger partial charge in [0.1, 0.15) is 5.75 Å². The average Bonchev–Trinajstić information content (AvgIpc) is 2.71. The van der Waals surface area contributed by atoms with Crippen LogP contribution in [0.15, 0.2) is 71.1 Å². The second kappa shape index (κ2) is 8.75. The number of thioether (sulfide) groups is 1. The summed E-state index contributed by atoms with van der Waals surface area (Å²) in [6, 6.07) is 14.3. The SMILES string of the molecule is C=CCn1c(S[C@@H](C)C(=O)Nc2ccc(OC)cc2)nc2ccccc2c1=O. The first-order chi connectivity index (χ1) is 13.5. The topological polar surface area (TPSA) is 73.2 Å². The Hall–Kier alpha value is -3.06. The Bertz CT molecular complexity index is 1060. The first kappa shape index (κ1) is 19.7. The molecule has 3 rings (SSSR count). The molecule has 0 radical (unpaired) electrons. The number of para-hydroxylation sites is 1. The van der Waals surface area contributed by atoms with Crippen LogP contribution in [0.1, 0.15) is 6.92 Å². The Morgan fingerprint density at radius 1 is 1.29 bits per heavy atom. The Kier molecular flexibility index (Phi) is 6.16. The van der Waals surface area contributed by atoms with Crippen molar-refractivity contribution in [1.82, 2.24) is 9.55 Å². The van der Waals surface area contributed by atoms with Crippen LogP contribution >= 0.6 is 11.8 Å². The van der Waals surface area contributed by atoms with Crippen molar-refractivity contribution < 1.29 is 9.53 Å². The zero-order valence-corrected chi connectivity index (χ0v) is 16.5. The van der Waals surface area contributed by atoms with E-state index in [1.807, 2.05) is 6.07 Å². The molecule has 2 aromatic carbocycles. The highest BCUT2D eigenvalue weighted by Crippen LogP contribution is 2.24. The second-order valence-electron chi connectivity index (χ2n) is 6.09. The summed E-state index contributed by atoms with van der Waals surface area (Å²) < 4.78 is 6.66. The number of methoxy groups -OCH3 is 1. The van der Waals surface area contributed by atoms with Crippen LogP contribution in [-0.4, -0.2) is 27.8 Å². The minimum atomic E-state index is -0.453. The van der Waals surface area contributed by atoms with Crippen molar-refractivity contribution in [2.75, 3.05) is 12.4 Å². The van der Waals surface area contributed by atoms with Crippen molar-refractivity contribution in [2.24, 2.45) is 0 Å². The Balaban J connectivity index is 1.83. The maximum absolute atomic E-state index is 12.8. The molecule has 0 fully saturated rings. The summed E-state index contributed by atoms with van der Waals surface area (Å²) >= 11 is 1.24. The monoisotopic (exact) mass is 395 g/mol. The van der Waals surface area contributed by atoms with Gasteiger partial charge in [0.2, 0.25) is 5.91 Å². The number of fused-ring (bicyclic) bond motifs is 1. The van der Waals surface area contributed by atoms with Gasteiger partial charge in [0.05, 0.1) is 23.3 Å². The molecule has 0 saturated heterocycles. The molecule has 0 aliphatic rings. The van der Waals surface area contributed by atoms with Crippen LogP contribution in [0.5, 0.6) is 5.75 Å². The fourth-order valence-corrected chi connectivity index (χ4v) is 3.58. The van der Waals surface area contributed by atoms with Crippen molar-refractivity contribution in [3.05, 3.63) is 71.5 Å². The van der Waals surface area contributed by atoms with E-state index in [0.29, 0.717) is 34.0 Å². The number of nitrogens with zero attached hydrogens (tertiary/aromatic N) is 2. The minimum Gasteiger partial charge on any atom is -0.497 e. The fraction of sp³-hybridized carbons (Fsp3) is 0.190. The number of allylic oxidation sites excluding steroid dienone is 1. The predicted octanol–water partition coefficient (Wildman–Crippen LogP) is 3.71. The molecule has 0 saturated carbocycles. The molecule has 0 aliphatic heterocycles. The molecule has 0 spiro atoms. The maximum Gasteiger partial charge on any atom is 0.262 e. The van der Waals surface area contributed by atoms with Gasteiger partial charge in [-0.25, -0.2) is 4.98 Å². The number of rotatable bonds is 7. The Morgan fingerprint density at radius 3 is 2.68 bits per heavy atom. The second-order valence-corrected chi connectivity index (χ2v) is 7.40. The Labute approximate surface area is 167 Å². The highest BCUT2D eigenvalue weighted by Gasteiger charge is 2.19. The van der Waals surface area contributed by atoms with Gasteiger partial charge in [0.15, 0.2) is 5.16 Å². The number of hydrogen-bond donors (Lipinski definition) is 1. The molecule has 0 aliphatic carbocycles. The molecule has 1 N–H and O–H groups in total. The smallest absolute Gasteiger partial charge is 0.262 e. The van der Waals surface area contributed by atoms with E-state index in [2.05, 4.69) is 16.9 Å². The third kappa shape index (κ3) is 4.26. The molecular weight excluding hydrogens is 374 g/mol. The number of ether oxygens (including phenoxy) is 1. The highest BCUT2D eigenvalue weighted by molar-refractivity contribution is 8.00. The van der Waals surface area contributed by atoms with Crippen molar-refractivity contribution >= 4 is 34.3 Å². The summed E-state index contributed by atoms with van der Waals surface area (Å²) in [4.78, 5) is 30.0. The van der Waals surface area contributed by atoms with Crippen LogP contribution in [-0.2, 0) is 11.3 Å². The largest absolute Gasteiger partial charge is 0.497 e. The summed E-state index contributed by atoms with van der Waals surface area (Å²) in [6.07, 6.45) is 1.64. The minimum absolute atomic E-state index is 0.143. The molecule has 0 bridgehead atoms. The number of anilines is 1. The highest BCUT2D eigenvalue weighted by atomic mass is 32.2.